The number of carbonyl (C=O) groups is 1. The minimum absolute atomic E-state index is 0.404. The van der Waals surface area contributed by atoms with E-state index < -0.39 is 5.24 Å². The van der Waals surface area contributed by atoms with E-state index in [4.69, 9.17) is 11.6 Å². The number of halogens is 1. The second-order valence-electron chi connectivity index (χ2n) is 5.60. The van der Waals surface area contributed by atoms with Crippen LogP contribution in [0.5, 0.6) is 0 Å². The third kappa shape index (κ3) is 11.9. The molecule has 0 aromatic carbocycles. The summed E-state index contributed by atoms with van der Waals surface area (Å²) in [5.41, 5.74) is 0.919. The number of hydrogen-bond donors (Lipinski definition) is 0. The van der Waals surface area contributed by atoms with E-state index in [2.05, 4.69) is 26.8 Å². The summed E-state index contributed by atoms with van der Waals surface area (Å²) in [4.78, 5) is 10.6. The lowest BCUT2D eigenvalue weighted by atomic mass is 9.96. The maximum atomic E-state index is 10.6. The largest absolute Gasteiger partial charge is 0.276 e. The Morgan fingerprint density at radius 1 is 1.17 bits per heavy atom. The summed E-state index contributed by atoms with van der Waals surface area (Å²) in [7, 11) is 0. The summed E-state index contributed by atoms with van der Waals surface area (Å²) in [5, 5.41) is -0.404. The zero-order chi connectivity index (χ0) is 14.0. The lowest BCUT2D eigenvalue weighted by Crippen LogP contribution is -1.96. The summed E-state index contributed by atoms with van der Waals surface area (Å²) < 4.78 is 0. The van der Waals surface area contributed by atoms with Gasteiger partial charge in [-0.3, -0.25) is 4.79 Å². The highest BCUT2D eigenvalue weighted by molar-refractivity contribution is 6.66. The van der Waals surface area contributed by atoms with E-state index in [1.165, 1.54) is 31.8 Å². The van der Waals surface area contributed by atoms with Gasteiger partial charge >= 0.3 is 0 Å². The molecular formula is C16H27ClO. The van der Waals surface area contributed by atoms with Crippen LogP contribution in [0.25, 0.3) is 0 Å². The summed E-state index contributed by atoms with van der Waals surface area (Å²) in [6.45, 7) is 8.77. The highest BCUT2D eigenvalue weighted by atomic mass is 35.5. The molecule has 0 spiro atoms. The molecule has 0 amide bonds. The normalized spacial score (nSPS) is 14.4. The van der Waals surface area contributed by atoms with Crippen LogP contribution in [0.3, 0.4) is 0 Å². The molecule has 2 heteroatoms. The molecule has 1 nitrogen and oxygen atoms in total. The van der Waals surface area contributed by atoms with Gasteiger partial charge in [0.2, 0.25) is 5.24 Å². The van der Waals surface area contributed by atoms with Gasteiger partial charge in [0.1, 0.15) is 0 Å². The molecule has 0 aromatic heterocycles. The first kappa shape index (κ1) is 17.4. The molecule has 0 bridgehead atoms. The Morgan fingerprint density at radius 3 is 2.39 bits per heavy atom. The molecule has 104 valence electrons. The van der Waals surface area contributed by atoms with Crippen LogP contribution in [0.1, 0.15) is 59.8 Å². The predicted octanol–water partition coefficient (Wildman–Crippen LogP) is 5.50. The second kappa shape index (κ2) is 10.4. The van der Waals surface area contributed by atoms with Gasteiger partial charge in [0.15, 0.2) is 0 Å². The maximum absolute atomic E-state index is 10.6. The first-order valence-corrected chi connectivity index (χ1v) is 7.34. The molecule has 0 aromatic rings. The Morgan fingerprint density at radius 2 is 1.83 bits per heavy atom. The molecule has 0 fully saturated rings. The molecule has 0 heterocycles. The van der Waals surface area contributed by atoms with Gasteiger partial charge in [-0.2, -0.15) is 0 Å². The van der Waals surface area contributed by atoms with Crippen LogP contribution in [0, 0.1) is 11.8 Å². The van der Waals surface area contributed by atoms with Crippen LogP contribution < -0.4 is 0 Å². The second-order valence-corrected chi connectivity index (χ2v) is 5.97. The average Bonchev–Trinajstić information content (AvgIpc) is 2.23. The van der Waals surface area contributed by atoms with Crippen molar-refractivity contribution < 1.29 is 4.79 Å². The van der Waals surface area contributed by atoms with Gasteiger partial charge in [-0.05, 0) is 48.8 Å². The molecule has 0 aliphatic rings. The Hall–Kier alpha value is -0.560. The van der Waals surface area contributed by atoms with Crippen molar-refractivity contribution in [1.29, 1.82) is 0 Å². The third-order valence-electron chi connectivity index (χ3n) is 3.03. The van der Waals surface area contributed by atoms with Crippen molar-refractivity contribution in [2.24, 2.45) is 11.8 Å². The van der Waals surface area contributed by atoms with Crippen molar-refractivity contribution in [3.63, 3.8) is 0 Å². The number of rotatable bonds is 9. The van der Waals surface area contributed by atoms with Crippen molar-refractivity contribution >= 4 is 16.8 Å². The first-order chi connectivity index (χ1) is 8.41. The minimum Gasteiger partial charge on any atom is -0.276 e. The van der Waals surface area contributed by atoms with E-state index in [9.17, 15) is 4.79 Å². The van der Waals surface area contributed by atoms with E-state index in [-0.39, 0.29) is 0 Å². The Bertz CT molecular complexity index is 289. The number of hydrogen-bond acceptors (Lipinski definition) is 1. The molecule has 0 radical (unpaired) electrons. The summed E-state index contributed by atoms with van der Waals surface area (Å²) in [6.07, 6.45) is 11.8. The maximum Gasteiger partial charge on any atom is 0.245 e. The van der Waals surface area contributed by atoms with Crippen molar-refractivity contribution in [3.05, 3.63) is 23.8 Å². The summed E-state index contributed by atoms with van der Waals surface area (Å²) in [6, 6.07) is 0. The Kier molecular flexibility index (Phi) is 10.0. The van der Waals surface area contributed by atoms with Crippen molar-refractivity contribution in [3.8, 4) is 0 Å². The van der Waals surface area contributed by atoms with Crippen LogP contribution in [-0.2, 0) is 4.79 Å². The molecule has 1 unspecified atom stereocenters. The zero-order valence-electron chi connectivity index (χ0n) is 12.2. The Labute approximate surface area is 117 Å². The molecule has 1 atom stereocenters. The van der Waals surface area contributed by atoms with E-state index in [1.54, 1.807) is 0 Å². The van der Waals surface area contributed by atoms with E-state index in [0.29, 0.717) is 0 Å². The minimum atomic E-state index is -0.404. The summed E-state index contributed by atoms with van der Waals surface area (Å²) >= 11 is 5.27. The van der Waals surface area contributed by atoms with Crippen molar-refractivity contribution in [2.45, 2.75) is 59.8 Å². The van der Waals surface area contributed by atoms with Crippen LogP contribution in [0.2, 0.25) is 0 Å². The fourth-order valence-electron chi connectivity index (χ4n) is 1.90. The molecule has 0 aliphatic carbocycles. The van der Waals surface area contributed by atoms with Crippen molar-refractivity contribution in [1.82, 2.24) is 0 Å². The van der Waals surface area contributed by atoms with Crippen LogP contribution in [-0.4, -0.2) is 5.24 Å². The SMILES string of the molecule is CC(/C=C/CCC(C)CCCC(C)C)=C\C(=O)Cl. The highest BCUT2D eigenvalue weighted by Gasteiger charge is 2.01. The molecule has 0 N–H and O–H groups in total. The van der Waals surface area contributed by atoms with Gasteiger partial charge in [0.05, 0.1) is 0 Å². The topological polar surface area (TPSA) is 17.1 Å². The average molecular weight is 271 g/mol. The van der Waals surface area contributed by atoms with Crippen LogP contribution in [0.4, 0.5) is 0 Å². The predicted molar refractivity (Wildman–Crippen MR) is 80.8 cm³/mol. The number of carbonyl (C=O) groups excluding carboxylic acids is 1. The van der Waals surface area contributed by atoms with E-state index >= 15 is 0 Å². The van der Waals surface area contributed by atoms with Gasteiger partial charge < -0.3 is 0 Å². The van der Waals surface area contributed by atoms with Gasteiger partial charge in [0.25, 0.3) is 0 Å². The van der Waals surface area contributed by atoms with Gasteiger partial charge in [-0.1, -0.05) is 52.2 Å². The zero-order valence-corrected chi connectivity index (χ0v) is 13.0. The molecule has 0 saturated heterocycles. The molecule has 18 heavy (non-hydrogen) atoms. The molecule has 0 rings (SSSR count). The molecular weight excluding hydrogens is 244 g/mol. The van der Waals surface area contributed by atoms with Gasteiger partial charge in [-0.15, -0.1) is 0 Å². The van der Waals surface area contributed by atoms with Crippen LogP contribution in [0.15, 0.2) is 23.8 Å². The van der Waals surface area contributed by atoms with Crippen molar-refractivity contribution in [2.75, 3.05) is 0 Å². The molecule has 0 aliphatic heterocycles. The molecule has 0 saturated carbocycles. The quantitative estimate of drug-likeness (QED) is 0.307. The van der Waals surface area contributed by atoms with Gasteiger partial charge in [-0.25, -0.2) is 0 Å². The lowest BCUT2D eigenvalue weighted by Gasteiger charge is -2.10. The third-order valence-corrected chi connectivity index (χ3v) is 3.14. The van der Waals surface area contributed by atoms with Crippen LogP contribution >= 0.6 is 11.6 Å². The smallest absolute Gasteiger partial charge is 0.245 e. The summed E-state index contributed by atoms with van der Waals surface area (Å²) in [5.74, 6) is 1.60. The van der Waals surface area contributed by atoms with E-state index in [1.807, 2.05) is 13.0 Å². The monoisotopic (exact) mass is 270 g/mol. The fraction of sp³-hybridized carbons (Fsp3) is 0.688. The standard InChI is InChI=1S/C16H27ClO/c1-13(2)8-7-11-14(3)9-5-6-10-15(4)12-16(17)18/h6,10,12-14H,5,7-9,11H2,1-4H3/b10-6+,15-12+. The highest BCUT2D eigenvalue weighted by Crippen LogP contribution is 2.17. The van der Waals surface area contributed by atoms with Gasteiger partial charge in [0, 0.05) is 6.08 Å². The lowest BCUT2D eigenvalue weighted by molar-refractivity contribution is -0.107. The number of allylic oxidation sites excluding steroid dienone is 4. The fourth-order valence-corrected chi connectivity index (χ4v) is 2.07. The Balaban J connectivity index is 3.70. The first-order valence-electron chi connectivity index (χ1n) is 6.96. The van der Waals surface area contributed by atoms with E-state index in [0.717, 1.165) is 23.8 Å².